The summed E-state index contributed by atoms with van der Waals surface area (Å²) in [7, 11) is -4.40. The van der Waals surface area contributed by atoms with E-state index < -0.39 is 16.1 Å². The number of sulfonamides is 1. The van der Waals surface area contributed by atoms with Crippen molar-refractivity contribution in [2.75, 3.05) is 4.31 Å². The molecule has 0 aliphatic heterocycles. The van der Waals surface area contributed by atoms with Gasteiger partial charge in [0.2, 0.25) is 0 Å². The molecule has 5 nitrogen and oxygen atoms in total. The molecular weight excluding hydrogens is 433 g/mol. The van der Waals surface area contributed by atoms with E-state index in [0.717, 1.165) is 12.8 Å². The summed E-state index contributed by atoms with van der Waals surface area (Å²) in [5, 5.41) is 12.4. The minimum atomic E-state index is -4.40. The van der Waals surface area contributed by atoms with Gasteiger partial charge in [-0.05, 0) is 46.9 Å². The first-order chi connectivity index (χ1) is 14.6. The molecule has 7 heteroatoms. The molecule has 0 radical (unpaired) electrons. The van der Waals surface area contributed by atoms with Gasteiger partial charge in [-0.2, -0.15) is 0 Å². The molecule has 0 saturated carbocycles. The molecule has 170 valence electrons. The largest absolute Gasteiger partial charge is 1.00 e. The number of aryl methyl sites for hydroxylation is 2. The van der Waals surface area contributed by atoms with Crippen LogP contribution in [0.2, 0.25) is 0 Å². The number of nitrogens with zero attached hydrogens (tertiary/aromatic N) is 1. The third-order valence-corrected chi connectivity index (χ3v) is 7.28. The molecule has 32 heavy (non-hydrogen) atoms. The maximum atomic E-state index is 14.0. The normalized spacial score (nSPS) is 11.5. The van der Waals surface area contributed by atoms with Crippen molar-refractivity contribution < 1.29 is 47.9 Å². The first-order valence-corrected chi connectivity index (χ1v) is 12.5. The Kier molecular flexibility index (Phi) is 11.0. The molecule has 0 unspecified atom stereocenters. The van der Waals surface area contributed by atoms with Crippen molar-refractivity contribution in [2.24, 2.45) is 0 Å². The molecule has 0 saturated heterocycles. The maximum Gasteiger partial charge on any atom is 1.00 e. The van der Waals surface area contributed by atoms with Crippen LogP contribution < -0.4 is 39.0 Å². The molecule has 2 aromatic carbocycles. The Hall–Kier alpha value is -1.34. The van der Waals surface area contributed by atoms with Crippen LogP contribution in [0.4, 0.5) is 10.5 Å². The summed E-state index contributed by atoms with van der Waals surface area (Å²) in [4.78, 5) is 12.6. The Morgan fingerprint density at radius 1 is 0.875 bits per heavy atom. The van der Waals surface area contributed by atoms with E-state index in [2.05, 4.69) is 0 Å². The molecule has 0 atom stereocenters. The summed E-state index contributed by atoms with van der Waals surface area (Å²) in [5.41, 5.74) is 2.84. The summed E-state index contributed by atoms with van der Waals surface area (Å²) >= 11 is 0. The number of carbonyl (C=O) groups is 1. The summed E-state index contributed by atoms with van der Waals surface area (Å²) in [6.45, 7) is 11.7. The Morgan fingerprint density at radius 2 is 1.28 bits per heavy atom. The number of carboxylic acid groups (broad SMARTS) is 1. The van der Waals surface area contributed by atoms with Gasteiger partial charge >= 0.3 is 29.6 Å². The van der Waals surface area contributed by atoms with E-state index in [1.54, 1.807) is 24.3 Å². The minimum Gasteiger partial charge on any atom is -0.529 e. The SMILES string of the molecule is CCCc1cccc(CCC)c1S(=O)(=O)N(C(=O)[O-])c1c(C(C)C)cccc1C(C)C.[Na+]. The van der Waals surface area contributed by atoms with E-state index in [9.17, 15) is 18.3 Å². The van der Waals surface area contributed by atoms with Gasteiger partial charge in [0.1, 0.15) is 0 Å². The van der Waals surface area contributed by atoms with Crippen molar-refractivity contribution in [2.45, 2.75) is 84.0 Å². The number of rotatable bonds is 9. The Balaban J connectivity index is 0.00000512. The molecule has 2 rings (SSSR count). The van der Waals surface area contributed by atoms with Crippen molar-refractivity contribution in [3.63, 3.8) is 0 Å². The molecular formula is C25H34NNaO4S. The summed E-state index contributed by atoms with van der Waals surface area (Å²) in [6, 6.07) is 10.8. The average Bonchev–Trinajstić information content (AvgIpc) is 2.67. The number of anilines is 1. The number of hydrogen-bond acceptors (Lipinski definition) is 4. The molecule has 2 aromatic rings. The molecule has 0 bridgehead atoms. The van der Waals surface area contributed by atoms with Crippen LogP contribution in [0, 0.1) is 0 Å². The number of carbonyl (C=O) groups excluding carboxylic acids is 1. The van der Waals surface area contributed by atoms with E-state index >= 15 is 0 Å². The molecule has 0 aliphatic carbocycles. The van der Waals surface area contributed by atoms with Crippen molar-refractivity contribution in [1.29, 1.82) is 0 Å². The fourth-order valence-electron chi connectivity index (χ4n) is 4.05. The van der Waals surface area contributed by atoms with Gasteiger partial charge in [-0.1, -0.05) is 90.8 Å². The third kappa shape index (κ3) is 5.96. The molecule has 0 aromatic heterocycles. The second kappa shape index (κ2) is 12.2. The molecule has 0 spiro atoms. The summed E-state index contributed by atoms with van der Waals surface area (Å²) in [6.07, 6.45) is 0.877. The van der Waals surface area contributed by atoms with Gasteiger partial charge in [-0.3, -0.25) is 0 Å². The average molecular weight is 468 g/mol. The Bertz CT molecular complexity index is 982. The van der Waals surface area contributed by atoms with Gasteiger partial charge in [0.05, 0.1) is 10.6 Å². The Labute approximate surface area is 215 Å². The van der Waals surface area contributed by atoms with E-state index in [4.69, 9.17) is 0 Å². The van der Waals surface area contributed by atoms with Crippen molar-refractivity contribution in [1.82, 2.24) is 0 Å². The zero-order chi connectivity index (χ0) is 23.3. The zero-order valence-corrected chi connectivity index (χ0v) is 23.3. The van der Waals surface area contributed by atoms with Crippen LogP contribution in [-0.2, 0) is 22.9 Å². The fraction of sp³-hybridized carbons (Fsp3) is 0.480. The maximum absolute atomic E-state index is 14.0. The van der Waals surface area contributed by atoms with Crippen LogP contribution >= 0.6 is 0 Å². The van der Waals surface area contributed by atoms with Crippen molar-refractivity contribution >= 4 is 21.8 Å². The van der Waals surface area contributed by atoms with E-state index in [1.807, 2.05) is 53.7 Å². The predicted molar refractivity (Wildman–Crippen MR) is 124 cm³/mol. The molecule has 0 N–H and O–H groups in total. The van der Waals surface area contributed by atoms with Gasteiger partial charge < -0.3 is 9.90 Å². The van der Waals surface area contributed by atoms with Crippen LogP contribution in [0.5, 0.6) is 0 Å². The topological polar surface area (TPSA) is 77.5 Å². The predicted octanol–water partition coefficient (Wildman–Crippen LogP) is 2.38. The zero-order valence-electron chi connectivity index (χ0n) is 20.4. The van der Waals surface area contributed by atoms with Crippen LogP contribution in [0.25, 0.3) is 0 Å². The van der Waals surface area contributed by atoms with Crippen molar-refractivity contribution in [3.8, 4) is 0 Å². The molecule has 0 fully saturated rings. The van der Waals surface area contributed by atoms with Crippen molar-refractivity contribution in [3.05, 3.63) is 58.7 Å². The van der Waals surface area contributed by atoms with Gasteiger partial charge in [0.15, 0.2) is 6.09 Å². The number of para-hydroxylation sites is 1. The monoisotopic (exact) mass is 467 g/mol. The van der Waals surface area contributed by atoms with Gasteiger partial charge in [-0.25, -0.2) is 12.7 Å². The standard InChI is InChI=1S/C25H35NO4S.Na/c1-7-11-19-13-9-14-20(12-8-2)24(19)31(29,30)26(25(27)28)23-21(17(3)4)15-10-16-22(23)18(5)6;/h9-10,13-18H,7-8,11-12H2,1-6H3,(H,27,28);/q;+1/p-1. The third-order valence-electron chi connectivity index (χ3n) is 5.43. The molecule has 1 amide bonds. The van der Waals surface area contributed by atoms with Crippen LogP contribution in [-0.4, -0.2) is 14.5 Å². The van der Waals surface area contributed by atoms with E-state index in [1.165, 1.54) is 0 Å². The fourth-order valence-corrected chi connectivity index (χ4v) is 5.88. The summed E-state index contributed by atoms with van der Waals surface area (Å²) in [5.74, 6) is -0.126. The number of benzene rings is 2. The second-order valence-electron chi connectivity index (χ2n) is 8.54. The Morgan fingerprint density at radius 3 is 1.62 bits per heavy atom. The van der Waals surface area contributed by atoms with E-state index in [-0.39, 0.29) is 52.0 Å². The van der Waals surface area contributed by atoms with E-state index in [0.29, 0.717) is 39.4 Å². The molecule has 0 heterocycles. The van der Waals surface area contributed by atoms with Gasteiger partial charge in [0, 0.05) is 0 Å². The quantitative estimate of drug-likeness (QED) is 0.531. The minimum absolute atomic E-state index is 0. The van der Waals surface area contributed by atoms with Crippen LogP contribution in [0.3, 0.4) is 0 Å². The molecule has 0 aliphatic rings. The van der Waals surface area contributed by atoms with Crippen LogP contribution in [0.15, 0.2) is 41.3 Å². The number of amides is 1. The first kappa shape index (κ1) is 28.7. The van der Waals surface area contributed by atoms with Crippen LogP contribution in [0.1, 0.15) is 88.5 Å². The number of hydrogen-bond donors (Lipinski definition) is 0. The second-order valence-corrected chi connectivity index (χ2v) is 10.3. The van der Waals surface area contributed by atoms with Gasteiger partial charge in [-0.15, -0.1) is 0 Å². The summed E-state index contributed by atoms with van der Waals surface area (Å²) < 4.78 is 28.6. The first-order valence-electron chi connectivity index (χ1n) is 11.1. The van der Waals surface area contributed by atoms with Gasteiger partial charge in [0.25, 0.3) is 10.0 Å². The smallest absolute Gasteiger partial charge is 0.529 e.